The van der Waals surface area contributed by atoms with Crippen LogP contribution in [0.2, 0.25) is 0 Å². The number of carbonyl (C=O) groups excluding carboxylic acids is 1. The first kappa shape index (κ1) is 18.2. The molecule has 4 rings (SSSR count). The molecule has 1 saturated carbocycles. The van der Waals surface area contributed by atoms with Gasteiger partial charge in [-0.15, -0.1) is 0 Å². The Morgan fingerprint density at radius 2 is 2.00 bits per heavy atom. The number of carbonyl (C=O) groups is 1. The van der Waals surface area contributed by atoms with Crippen molar-refractivity contribution in [2.24, 2.45) is 13.0 Å². The second-order valence-corrected chi connectivity index (χ2v) is 7.44. The van der Waals surface area contributed by atoms with Crippen LogP contribution in [0, 0.1) is 19.8 Å². The van der Waals surface area contributed by atoms with Gasteiger partial charge in [-0.3, -0.25) is 9.36 Å². The average Bonchev–Trinajstić information content (AvgIpc) is 3.34. The van der Waals surface area contributed by atoms with E-state index in [2.05, 4.69) is 31.9 Å². The number of hydrogen-bond donors (Lipinski definition) is 2. The van der Waals surface area contributed by atoms with Crippen molar-refractivity contribution < 1.29 is 4.79 Å². The van der Waals surface area contributed by atoms with Gasteiger partial charge in [0, 0.05) is 18.4 Å². The maximum atomic E-state index is 12.5. The van der Waals surface area contributed by atoms with Crippen LogP contribution in [0.25, 0.3) is 0 Å². The minimum Gasteiger partial charge on any atom is -0.328 e. The van der Waals surface area contributed by atoms with Crippen molar-refractivity contribution in [2.45, 2.75) is 39.3 Å². The van der Waals surface area contributed by atoms with Crippen LogP contribution in [0.1, 0.15) is 41.7 Å². The highest BCUT2D eigenvalue weighted by Crippen LogP contribution is 2.40. The second kappa shape index (κ2) is 7.46. The molecule has 1 aliphatic carbocycles. The predicted octanol–water partition coefficient (Wildman–Crippen LogP) is 2.95. The summed E-state index contributed by atoms with van der Waals surface area (Å²) in [5.74, 6) is 1.22. The van der Waals surface area contributed by atoms with Crippen molar-refractivity contribution in [3.05, 3.63) is 59.4 Å². The van der Waals surface area contributed by atoms with Gasteiger partial charge in [-0.25, -0.2) is 9.78 Å². The van der Waals surface area contributed by atoms with E-state index in [1.54, 1.807) is 4.68 Å². The molecular weight excluding hydrogens is 354 g/mol. The lowest BCUT2D eigenvalue weighted by Crippen LogP contribution is -2.35. The number of amides is 2. The molecular formula is C20H25N7O. The quantitative estimate of drug-likeness (QED) is 0.689. The first-order valence-electron chi connectivity index (χ1n) is 9.51. The van der Waals surface area contributed by atoms with E-state index >= 15 is 0 Å². The Labute approximate surface area is 164 Å². The van der Waals surface area contributed by atoms with Crippen molar-refractivity contribution in [2.75, 3.05) is 5.32 Å². The molecule has 0 bridgehead atoms. The van der Waals surface area contributed by atoms with Gasteiger partial charge in [0.05, 0.1) is 18.3 Å². The molecule has 1 fully saturated rings. The molecule has 3 aromatic rings. The number of urea groups is 1. The van der Waals surface area contributed by atoms with Gasteiger partial charge < -0.3 is 10.6 Å². The van der Waals surface area contributed by atoms with Crippen molar-refractivity contribution >= 4 is 11.7 Å². The monoisotopic (exact) mass is 379 g/mol. The standard InChI is InChI=1S/C20H25N7O/c1-13-10-14(2)27(25-13)11-15-4-8-17(9-5-15)23-20(28)24-18(16-6-7-16)19-21-12-22-26(19)3/h4-5,8-10,12,16,18H,6-7,11H2,1-3H3,(H2,23,24,28). The Morgan fingerprint density at radius 3 is 2.57 bits per heavy atom. The fourth-order valence-electron chi connectivity index (χ4n) is 3.42. The third kappa shape index (κ3) is 4.05. The zero-order chi connectivity index (χ0) is 19.7. The molecule has 0 saturated heterocycles. The minimum atomic E-state index is -0.230. The lowest BCUT2D eigenvalue weighted by molar-refractivity contribution is 0.246. The fourth-order valence-corrected chi connectivity index (χ4v) is 3.42. The van der Waals surface area contributed by atoms with E-state index in [1.807, 2.05) is 49.8 Å². The smallest absolute Gasteiger partial charge is 0.319 e. The van der Waals surface area contributed by atoms with Crippen LogP contribution in [0.3, 0.4) is 0 Å². The van der Waals surface area contributed by atoms with Crippen LogP contribution in [-0.4, -0.2) is 30.6 Å². The molecule has 1 atom stereocenters. The molecule has 2 aromatic heterocycles. The number of benzene rings is 1. The average molecular weight is 379 g/mol. The maximum Gasteiger partial charge on any atom is 0.319 e. The SMILES string of the molecule is Cc1cc(C)n(Cc2ccc(NC(=O)NC(c3ncnn3C)C3CC3)cc2)n1. The van der Waals surface area contributed by atoms with Crippen molar-refractivity contribution in [1.29, 1.82) is 0 Å². The highest BCUT2D eigenvalue weighted by molar-refractivity contribution is 5.89. The Morgan fingerprint density at radius 1 is 1.25 bits per heavy atom. The van der Waals surface area contributed by atoms with E-state index in [1.165, 1.54) is 6.33 Å². The highest BCUT2D eigenvalue weighted by atomic mass is 16.2. The molecule has 2 amide bonds. The Kier molecular flexibility index (Phi) is 4.85. The van der Waals surface area contributed by atoms with E-state index in [4.69, 9.17) is 0 Å². The maximum absolute atomic E-state index is 12.5. The normalized spacial score (nSPS) is 14.7. The Balaban J connectivity index is 1.38. The largest absolute Gasteiger partial charge is 0.328 e. The predicted molar refractivity (Wildman–Crippen MR) is 106 cm³/mol. The van der Waals surface area contributed by atoms with E-state index in [0.717, 1.165) is 41.3 Å². The number of nitrogens with zero attached hydrogens (tertiary/aromatic N) is 5. The number of anilines is 1. The zero-order valence-corrected chi connectivity index (χ0v) is 16.4. The molecule has 1 unspecified atom stereocenters. The molecule has 146 valence electrons. The molecule has 28 heavy (non-hydrogen) atoms. The summed E-state index contributed by atoms with van der Waals surface area (Å²) in [5.41, 5.74) is 4.03. The second-order valence-electron chi connectivity index (χ2n) is 7.44. The van der Waals surface area contributed by atoms with Crippen LogP contribution < -0.4 is 10.6 Å². The van der Waals surface area contributed by atoms with Crippen LogP contribution in [-0.2, 0) is 13.6 Å². The molecule has 8 nitrogen and oxygen atoms in total. The van der Waals surface area contributed by atoms with E-state index in [9.17, 15) is 4.79 Å². The summed E-state index contributed by atoms with van der Waals surface area (Å²) in [7, 11) is 1.85. The van der Waals surface area contributed by atoms with Gasteiger partial charge in [0.25, 0.3) is 0 Å². The number of nitrogens with one attached hydrogen (secondary N) is 2. The van der Waals surface area contributed by atoms with Gasteiger partial charge in [0.2, 0.25) is 0 Å². The number of rotatable bonds is 6. The lowest BCUT2D eigenvalue weighted by atomic mass is 10.1. The number of aryl methyl sites for hydroxylation is 3. The van der Waals surface area contributed by atoms with E-state index in [0.29, 0.717) is 12.5 Å². The summed E-state index contributed by atoms with van der Waals surface area (Å²) in [5, 5.41) is 14.6. The van der Waals surface area contributed by atoms with Crippen molar-refractivity contribution in [3.8, 4) is 0 Å². The number of aromatic nitrogens is 5. The molecule has 0 spiro atoms. The molecule has 0 radical (unpaired) electrons. The van der Waals surface area contributed by atoms with Crippen molar-refractivity contribution in [3.63, 3.8) is 0 Å². The van der Waals surface area contributed by atoms with Crippen LogP contribution in [0.5, 0.6) is 0 Å². The summed E-state index contributed by atoms with van der Waals surface area (Å²) >= 11 is 0. The zero-order valence-electron chi connectivity index (χ0n) is 16.4. The van der Waals surface area contributed by atoms with Crippen LogP contribution >= 0.6 is 0 Å². The van der Waals surface area contributed by atoms with Gasteiger partial charge in [-0.1, -0.05) is 12.1 Å². The highest BCUT2D eigenvalue weighted by Gasteiger charge is 2.36. The van der Waals surface area contributed by atoms with Crippen molar-refractivity contribution in [1.82, 2.24) is 29.9 Å². The molecule has 8 heteroatoms. The molecule has 2 N–H and O–H groups in total. The summed E-state index contributed by atoms with van der Waals surface area (Å²) in [6.07, 6.45) is 3.71. The molecule has 0 aliphatic heterocycles. The van der Waals surface area contributed by atoms with Gasteiger partial charge in [0.15, 0.2) is 0 Å². The first-order chi connectivity index (χ1) is 13.5. The van der Waals surface area contributed by atoms with Gasteiger partial charge in [-0.05, 0) is 56.4 Å². The first-order valence-corrected chi connectivity index (χ1v) is 9.51. The lowest BCUT2D eigenvalue weighted by Gasteiger charge is -2.18. The molecule has 1 aliphatic rings. The third-order valence-electron chi connectivity index (χ3n) is 5.05. The van der Waals surface area contributed by atoms with Crippen LogP contribution in [0.4, 0.5) is 10.5 Å². The van der Waals surface area contributed by atoms with Gasteiger partial charge in [-0.2, -0.15) is 10.2 Å². The summed E-state index contributed by atoms with van der Waals surface area (Å²) < 4.78 is 3.70. The fraction of sp³-hybridized carbons (Fsp3) is 0.400. The summed E-state index contributed by atoms with van der Waals surface area (Å²) in [6.45, 7) is 4.75. The van der Waals surface area contributed by atoms with E-state index in [-0.39, 0.29) is 12.1 Å². The molecule has 1 aromatic carbocycles. The minimum absolute atomic E-state index is 0.113. The van der Waals surface area contributed by atoms with Gasteiger partial charge in [0.1, 0.15) is 12.2 Å². The van der Waals surface area contributed by atoms with Gasteiger partial charge >= 0.3 is 6.03 Å². The van der Waals surface area contributed by atoms with E-state index < -0.39 is 0 Å². The molecule has 2 heterocycles. The Hall–Kier alpha value is -3.16. The summed E-state index contributed by atoms with van der Waals surface area (Å²) in [6, 6.07) is 9.56. The third-order valence-corrected chi connectivity index (χ3v) is 5.05. The van der Waals surface area contributed by atoms with Crippen LogP contribution in [0.15, 0.2) is 36.7 Å². The topological polar surface area (TPSA) is 89.7 Å². The number of hydrogen-bond acceptors (Lipinski definition) is 4. The summed E-state index contributed by atoms with van der Waals surface area (Å²) in [4.78, 5) is 16.8. The Bertz CT molecular complexity index is 969.